The molecule has 0 radical (unpaired) electrons. The van der Waals surface area contributed by atoms with E-state index < -0.39 is 0 Å². The average Bonchev–Trinajstić information content (AvgIpc) is 3.64. The van der Waals surface area contributed by atoms with Gasteiger partial charge in [0.1, 0.15) is 4.88 Å². The molecule has 2 aliphatic rings. The molecule has 1 N–H and O–H groups in total. The Labute approximate surface area is 203 Å². The zero-order chi connectivity index (χ0) is 23.4. The van der Waals surface area contributed by atoms with E-state index in [0.717, 1.165) is 43.4 Å². The van der Waals surface area contributed by atoms with E-state index in [4.69, 9.17) is 18.9 Å². The molecule has 0 spiro atoms. The molecule has 3 aromatic carbocycles. The summed E-state index contributed by atoms with van der Waals surface area (Å²) in [6.07, 6.45) is 1.84. The SMILES string of the molecule is O=C(NCc1ccc2c(c1)OCO2)c1sc2c(cnc3cc4c(cc32)OCO4)c1-c1ccccc1. The summed E-state index contributed by atoms with van der Waals surface area (Å²) in [5.74, 6) is 2.65. The van der Waals surface area contributed by atoms with Crippen LogP contribution in [0.2, 0.25) is 0 Å². The molecule has 7 nitrogen and oxygen atoms in total. The fourth-order valence-corrected chi connectivity index (χ4v) is 5.72. The van der Waals surface area contributed by atoms with Crippen LogP contribution >= 0.6 is 11.3 Å². The van der Waals surface area contributed by atoms with E-state index in [0.29, 0.717) is 28.7 Å². The van der Waals surface area contributed by atoms with Gasteiger partial charge in [0.15, 0.2) is 23.0 Å². The number of thiophene rings is 1. The minimum atomic E-state index is -0.142. The molecule has 2 aromatic heterocycles. The Morgan fingerprint density at radius 2 is 1.60 bits per heavy atom. The summed E-state index contributed by atoms with van der Waals surface area (Å²) in [5.41, 5.74) is 3.58. The summed E-state index contributed by atoms with van der Waals surface area (Å²) in [5, 5.41) is 4.94. The van der Waals surface area contributed by atoms with Crippen molar-refractivity contribution in [3.05, 3.63) is 77.3 Å². The number of carbonyl (C=O) groups is 1. The van der Waals surface area contributed by atoms with Gasteiger partial charge in [-0.2, -0.15) is 0 Å². The normalized spacial score (nSPS) is 13.5. The molecule has 35 heavy (non-hydrogen) atoms. The van der Waals surface area contributed by atoms with Crippen molar-refractivity contribution in [3.63, 3.8) is 0 Å². The highest BCUT2D eigenvalue weighted by Gasteiger charge is 2.23. The Bertz CT molecular complexity index is 1630. The fraction of sp³-hybridized carbons (Fsp3) is 0.111. The third-order valence-corrected chi connectivity index (χ3v) is 7.41. The van der Waals surface area contributed by atoms with Gasteiger partial charge in [-0.3, -0.25) is 9.78 Å². The van der Waals surface area contributed by atoms with Crippen molar-refractivity contribution in [2.45, 2.75) is 6.54 Å². The predicted octanol–water partition coefficient (Wildman–Crippen LogP) is 5.50. The summed E-state index contributed by atoms with van der Waals surface area (Å²) < 4.78 is 22.9. The number of nitrogens with zero attached hydrogens (tertiary/aromatic N) is 1. The average molecular weight is 483 g/mol. The zero-order valence-electron chi connectivity index (χ0n) is 18.4. The maximum Gasteiger partial charge on any atom is 0.262 e. The second-order valence-corrected chi connectivity index (χ2v) is 9.29. The van der Waals surface area contributed by atoms with Crippen LogP contribution in [0.3, 0.4) is 0 Å². The first kappa shape index (κ1) is 20.1. The van der Waals surface area contributed by atoms with Crippen molar-refractivity contribution >= 4 is 38.2 Å². The molecule has 5 aromatic rings. The summed E-state index contributed by atoms with van der Waals surface area (Å²) in [4.78, 5) is 18.8. The first-order valence-electron chi connectivity index (χ1n) is 11.1. The molecule has 0 unspecified atom stereocenters. The predicted molar refractivity (Wildman–Crippen MR) is 132 cm³/mol. The van der Waals surface area contributed by atoms with Crippen LogP contribution in [0.1, 0.15) is 15.2 Å². The minimum Gasteiger partial charge on any atom is -0.454 e. The van der Waals surface area contributed by atoms with Crippen LogP contribution in [-0.4, -0.2) is 24.5 Å². The first-order valence-corrected chi connectivity index (χ1v) is 11.9. The molecular formula is C27H18N2O5S. The molecule has 7 rings (SSSR count). The number of hydrogen-bond donors (Lipinski definition) is 1. The number of amides is 1. The third-order valence-electron chi connectivity index (χ3n) is 6.17. The number of ether oxygens (including phenoxy) is 4. The van der Waals surface area contributed by atoms with Gasteiger partial charge in [-0.15, -0.1) is 11.3 Å². The number of rotatable bonds is 4. The zero-order valence-corrected chi connectivity index (χ0v) is 19.2. The lowest BCUT2D eigenvalue weighted by Gasteiger charge is -2.08. The molecule has 0 saturated heterocycles. The van der Waals surface area contributed by atoms with Gasteiger partial charge in [0, 0.05) is 39.8 Å². The molecule has 0 fully saturated rings. The quantitative estimate of drug-likeness (QED) is 0.364. The van der Waals surface area contributed by atoms with Crippen LogP contribution in [0, 0.1) is 0 Å². The van der Waals surface area contributed by atoms with Crippen LogP contribution in [0.5, 0.6) is 23.0 Å². The molecule has 0 aliphatic carbocycles. The van der Waals surface area contributed by atoms with E-state index in [2.05, 4.69) is 10.3 Å². The van der Waals surface area contributed by atoms with E-state index in [-0.39, 0.29) is 19.5 Å². The van der Waals surface area contributed by atoms with Crippen LogP contribution in [-0.2, 0) is 6.54 Å². The maximum absolute atomic E-state index is 13.5. The van der Waals surface area contributed by atoms with E-state index in [1.165, 1.54) is 11.3 Å². The summed E-state index contributed by atoms with van der Waals surface area (Å²) in [6.45, 7) is 0.785. The van der Waals surface area contributed by atoms with Gasteiger partial charge in [0.25, 0.3) is 5.91 Å². The van der Waals surface area contributed by atoms with Crippen molar-refractivity contribution in [1.82, 2.24) is 10.3 Å². The fourth-order valence-electron chi connectivity index (χ4n) is 4.49. The second-order valence-electron chi connectivity index (χ2n) is 8.27. The molecule has 0 bridgehead atoms. The molecule has 4 heterocycles. The smallest absolute Gasteiger partial charge is 0.262 e. The van der Waals surface area contributed by atoms with Crippen molar-refractivity contribution in [2.75, 3.05) is 13.6 Å². The first-order chi connectivity index (χ1) is 17.2. The lowest BCUT2D eigenvalue weighted by molar-refractivity contribution is 0.0955. The summed E-state index contributed by atoms with van der Waals surface area (Å²) >= 11 is 1.46. The van der Waals surface area contributed by atoms with E-state index in [1.807, 2.05) is 66.9 Å². The highest BCUT2D eigenvalue weighted by Crippen LogP contribution is 2.44. The minimum absolute atomic E-state index is 0.142. The van der Waals surface area contributed by atoms with E-state index >= 15 is 0 Å². The molecule has 0 saturated carbocycles. The van der Waals surface area contributed by atoms with Crippen molar-refractivity contribution in [3.8, 4) is 34.1 Å². The van der Waals surface area contributed by atoms with Gasteiger partial charge >= 0.3 is 0 Å². The third kappa shape index (κ3) is 3.33. The van der Waals surface area contributed by atoms with Crippen molar-refractivity contribution in [2.24, 2.45) is 0 Å². The van der Waals surface area contributed by atoms with Crippen LogP contribution in [0.25, 0.3) is 32.1 Å². The molecule has 0 atom stereocenters. The topological polar surface area (TPSA) is 78.9 Å². The second kappa shape index (κ2) is 7.89. The van der Waals surface area contributed by atoms with E-state index in [9.17, 15) is 4.79 Å². The highest BCUT2D eigenvalue weighted by molar-refractivity contribution is 7.22. The summed E-state index contributed by atoms with van der Waals surface area (Å²) in [7, 11) is 0. The standard InChI is InChI=1S/C27H18N2O5S/c30-27(29-11-15-6-7-20-21(8-15)32-13-31-20)26-24(16-4-2-1-3-5-16)18-12-28-19-10-23-22(33-14-34-23)9-17(19)25(18)35-26/h1-10,12H,11,13-14H2,(H,29,30). The van der Waals surface area contributed by atoms with Crippen LogP contribution in [0.4, 0.5) is 0 Å². The number of carbonyl (C=O) groups excluding carboxylic acids is 1. The Kier molecular flexibility index (Phi) is 4.53. The van der Waals surface area contributed by atoms with Gasteiger partial charge in [-0.05, 0) is 29.3 Å². The monoisotopic (exact) mass is 482 g/mol. The molecule has 172 valence electrons. The highest BCUT2D eigenvalue weighted by atomic mass is 32.1. The Morgan fingerprint density at radius 1 is 0.857 bits per heavy atom. The summed E-state index contributed by atoms with van der Waals surface area (Å²) in [6, 6.07) is 19.5. The van der Waals surface area contributed by atoms with Gasteiger partial charge in [-0.25, -0.2) is 0 Å². The lowest BCUT2D eigenvalue weighted by Crippen LogP contribution is -2.22. The molecule has 1 amide bonds. The largest absolute Gasteiger partial charge is 0.454 e. The van der Waals surface area contributed by atoms with Crippen LogP contribution < -0.4 is 24.3 Å². The number of benzene rings is 3. The van der Waals surface area contributed by atoms with Gasteiger partial charge < -0.3 is 24.3 Å². The Balaban J connectivity index is 1.32. The van der Waals surface area contributed by atoms with E-state index in [1.54, 1.807) is 0 Å². The number of nitrogens with one attached hydrogen (secondary N) is 1. The number of hydrogen-bond acceptors (Lipinski definition) is 7. The maximum atomic E-state index is 13.5. The van der Waals surface area contributed by atoms with Gasteiger partial charge in [0.2, 0.25) is 13.6 Å². The Morgan fingerprint density at radius 3 is 2.43 bits per heavy atom. The van der Waals surface area contributed by atoms with Crippen molar-refractivity contribution in [1.29, 1.82) is 0 Å². The molecule has 8 heteroatoms. The number of fused-ring (bicyclic) bond motifs is 5. The molecular weight excluding hydrogens is 464 g/mol. The molecule has 2 aliphatic heterocycles. The van der Waals surface area contributed by atoms with Crippen LogP contribution in [0.15, 0.2) is 66.9 Å². The lowest BCUT2D eigenvalue weighted by atomic mass is 10.0. The number of pyridine rings is 1. The number of aromatic nitrogens is 1. The van der Waals surface area contributed by atoms with Gasteiger partial charge in [0.05, 0.1) is 5.52 Å². The van der Waals surface area contributed by atoms with Crippen molar-refractivity contribution < 1.29 is 23.7 Å². The Hall–Kier alpha value is -4.30. The van der Waals surface area contributed by atoms with Gasteiger partial charge in [-0.1, -0.05) is 36.4 Å².